The number of carbonyl (C=O) groups is 2. The number of nitrogens with one attached hydrogen (secondary N) is 1. The van der Waals surface area contributed by atoms with Crippen LogP contribution in [-0.4, -0.2) is 44.5 Å². The quantitative estimate of drug-likeness (QED) is 0.0982. The van der Waals surface area contributed by atoms with E-state index in [4.69, 9.17) is 9.47 Å². The van der Waals surface area contributed by atoms with Gasteiger partial charge in [-0.3, -0.25) is 0 Å². The maximum atomic E-state index is 12.9. The maximum absolute atomic E-state index is 12.9. The molecule has 0 bridgehead atoms. The van der Waals surface area contributed by atoms with Crippen LogP contribution in [0.25, 0.3) is 11.1 Å². The lowest BCUT2D eigenvalue weighted by Gasteiger charge is -2.44. The highest BCUT2D eigenvalue weighted by molar-refractivity contribution is 14.1. The van der Waals surface area contributed by atoms with Gasteiger partial charge in [0.05, 0.1) is 10.2 Å². The van der Waals surface area contributed by atoms with Crippen LogP contribution in [-0.2, 0) is 16.0 Å². The third-order valence-corrected chi connectivity index (χ3v) is 16.9. The fourth-order valence-corrected chi connectivity index (χ4v) is 13.5. The Morgan fingerprint density at radius 1 is 0.800 bits per heavy atom. The number of benzene rings is 5. The lowest BCUT2D eigenvalue weighted by Crippen LogP contribution is -2.64. The van der Waals surface area contributed by atoms with Crippen molar-refractivity contribution >= 4 is 53.1 Å². The van der Waals surface area contributed by atoms with Crippen LogP contribution in [0, 0.1) is 3.57 Å². The normalized spacial score (nSPS) is 13.2. The summed E-state index contributed by atoms with van der Waals surface area (Å²) in [7, 11) is -2.28. The van der Waals surface area contributed by atoms with Crippen molar-refractivity contribution in [2.45, 2.75) is 50.2 Å². The van der Waals surface area contributed by atoms with Gasteiger partial charge in [0.2, 0.25) is 0 Å². The fourth-order valence-electron chi connectivity index (χ4n) is 7.46. The van der Waals surface area contributed by atoms with Gasteiger partial charge in [0.25, 0.3) is 0 Å². The highest BCUT2D eigenvalue weighted by Crippen LogP contribution is 2.44. The molecule has 1 amide bonds. The molecule has 0 saturated carbocycles. The number of alkyl carbamates (subject to hydrolysis) is 1. The Labute approximate surface area is 309 Å². The second-order valence-corrected chi connectivity index (χ2v) is 19.9. The molecule has 1 atom stereocenters. The molecule has 2 N–H and O–H groups in total. The minimum atomic E-state index is -2.28. The van der Waals surface area contributed by atoms with Gasteiger partial charge < -0.3 is 19.9 Å². The zero-order chi connectivity index (χ0) is 35.3. The molecule has 50 heavy (non-hydrogen) atoms. The molecule has 0 saturated heterocycles. The smallest absolute Gasteiger partial charge is 0.407 e. The van der Waals surface area contributed by atoms with Gasteiger partial charge in [-0.25, -0.2) is 9.59 Å². The summed E-state index contributed by atoms with van der Waals surface area (Å²) in [4.78, 5) is 25.1. The van der Waals surface area contributed by atoms with Crippen LogP contribution in [0.15, 0.2) is 127 Å². The van der Waals surface area contributed by atoms with E-state index >= 15 is 0 Å². The largest absolute Gasteiger partial charge is 0.493 e. The van der Waals surface area contributed by atoms with Crippen LogP contribution in [0.3, 0.4) is 0 Å². The first kappa shape index (κ1) is 35.4. The third kappa shape index (κ3) is 7.37. The number of amides is 1. The number of carboxylic acids is 1. The monoisotopic (exact) mass is 795 g/mol. The number of fused-ring (bicyclic) bond motifs is 3. The summed E-state index contributed by atoms with van der Waals surface area (Å²) in [5, 5.41) is 15.4. The van der Waals surface area contributed by atoms with Crippen molar-refractivity contribution in [3.8, 4) is 16.9 Å². The summed E-state index contributed by atoms with van der Waals surface area (Å²) in [6.07, 6.45) is -0.644. The number of halogens is 1. The molecular weight excluding hydrogens is 753 g/mol. The average molecular weight is 796 g/mol. The number of carbonyl (C=O) groups excluding carboxylic acids is 1. The van der Waals surface area contributed by atoms with Gasteiger partial charge >= 0.3 is 12.1 Å². The van der Waals surface area contributed by atoms with Crippen LogP contribution in [0.5, 0.6) is 5.75 Å². The highest BCUT2D eigenvalue weighted by Gasteiger charge is 2.47. The molecule has 6 rings (SSSR count). The van der Waals surface area contributed by atoms with Gasteiger partial charge in [-0.05, 0) is 73.6 Å². The van der Waals surface area contributed by atoms with Crippen molar-refractivity contribution < 1.29 is 24.2 Å². The van der Waals surface area contributed by atoms with E-state index in [1.165, 1.54) is 10.4 Å². The Balaban J connectivity index is 1.10. The van der Waals surface area contributed by atoms with Crippen molar-refractivity contribution in [3.05, 3.63) is 148 Å². The Hall–Kier alpha value is -4.41. The molecule has 5 aromatic rings. The minimum absolute atomic E-state index is 0.0299. The topological polar surface area (TPSA) is 84.9 Å². The molecule has 1 aliphatic carbocycles. The molecule has 5 aromatic carbocycles. The van der Waals surface area contributed by atoms with E-state index in [1.807, 2.05) is 54.6 Å². The first-order valence-corrected chi connectivity index (χ1v) is 20.2. The predicted octanol–water partition coefficient (Wildman–Crippen LogP) is 8.27. The van der Waals surface area contributed by atoms with Crippen molar-refractivity contribution in [1.82, 2.24) is 5.32 Å². The van der Waals surface area contributed by atoms with Crippen LogP contribution < -0.4 is 20.4 Å². The number of aliphatic carboxylic acids is 1. The number of hydrogen-bond donors (Lipinski definition) is 2. The second-order valence-electron chi connectivity index (χ2n) is 13.8. The fraction of sp³-hybridized carbons (Fsp3) is 0.238. The third-order valence-electron chi connectivity index (χ3n) is 9.92. The molecule has 0 radical (unpaired) electrons. The molecule has 0 aliphatic heterocycles. The highest BCUT2D eigenvalue weighted by atomic mass is 127. The first-order chi connectivity index (χ1) is 24.1. The molecule has 0 unspecified atom stereocenters. The first-order valence-electron chi connectivity index (χ1n) is 16.9. The number of ether oxygens (including phenoxy) is 2. The predicted molar refractivity (Wildman–Crippen MR) is 210 cm³/mol. The summed E-state index contributed by atoms with van der Waals surface area (Å²) >= 11 is 2.24. The summed E-state index contributed by atoms with van der Waals surface area (Å²) in [6, 6.07) is 43.3. The van der Waals surface area contributed by atoms with E-state index in [0.29, 0.717) is 6.61 Å². The SMILES string of the molecule is CC(C)(C)[Si](CCOc1ccc(C[C@H](NC(=O)OCC2c3ccccc3-c3ccccc32)C(=O)O)cc1I)(c1ccccc1)c1ccccc1. The summed E-state index contributed by atoms with van der Waals surface area (Å²) in [5.74, 6) is -0.482. The molecule has 0 aromatic heterocycles. The van der Waals surface area contributed by atoms with Crippen LogP contribution in [0.1, 0.15) is 43.4 Å². The maximum Gasteiger partial charge on any atom is 0.407 e. The second kappa shape index (κ2) is 15.2. The van der Waals surface area contributed by atoms with E-state index in [9.17, 15) is 14.7 Å². The molecule has 256 valence electrons. The Morgan fingerprint density at radius 3 is 1.86 bits per heavy atom. The van der Waals surface area contributed by atoms with Gasteiger partial charge in [-0.2, -0.15) is 0 Å². The average Bonchev–Trinajstić information content (AvgIpc) is 3.43. The van der Waals surface area contributed by atoms with Crippen molar-refractivity contribution in [3.63, 3.8) is 0 Å². The number of hydrogen-bond acceptors (Lipinski definition) is 4. The van der Waals surface area contributed by atoms with Gasteiger partial charge in [0.15, 0.2) is 0 Å². The molecule has 6 nitrogen and oxygen atoms in total. The van der Waals surface area contributed by atoms with Crippen LogP contribution >= 0.6 is 22.6 Å². The van der Waals surface area contributed by atoms with Crippen molar-refractivity contribution in [2.24, 2.45) is 0 Å². The van der Waals surface area contributed by atoms with Crippen LogP contribution in [0.2, 0.25) is 11.1 Å². The molecular formula is C42H42INO5Si. The summed E-state index contributed by atoms with van der Waals surface area (Å²) < 4.78 is 13.0. The summed E-state index contributed by atoms with van der Waals surface area (Å²) in [6.45, 7) is 7.68. The summed E-state index contributed by atoms with van der Waals surface area (Å²) in [5.41, 5.74) is 5.23. The van der Waals surface area contributed by atoms with E-state index in [-0.39, 0.29) is 24.0 Å². The van der Waals surface area contributed by atoms with Crippen molar-refractivity contribution in [1.29, 1.82) is 0 Å². The minimum Gasteiger partial charge on any atom is -0.493 e. The standard InChI is InChI=1S/C42H42INO5Si/c1-42(2,3)50(30-14-6-4-7-15-30,31-16-8-5-9-17-31)25-24-48-39-23-22-29(26-37(39)43)27-38(40(45)46)44-41(47)49-28-36-34-20-12-10-18-32(34)33-19-11-13-21-35(33)36/h4-23,26,36,38H,24-25,27-28H2,1-3H3,(H,44,47)(H,45,46)/t38-/m0/s1. The Kier molecular flexibility index (Phi) is 10.8. The van der Waals surface area contributed by atoms with Gasteiger partial charge in [0, 0.05) is 12.3 Å². The van der Waals surface area contributed by atoms with E-state index in [0.717, 1.165) is 43.2 Å². The van der Waals surface area contributed by atoms with Crippen LogP contribution in [0.4, 0.5) is 4.79 Å². The Bertz CT molecular complexity index is 1880. The van der Waals surface area contributed by atoms with E-state index in [1.54, 1.807) is 0 Å². The molecule has 8 heteroatoms. The molecule has 0 spiro atoms. The molecule has 0 heterocycles. The molecule has 0 fully saturated rings. The Morgan fingerprint density at radius 2 is 1.34 bits per heavy atom. The van der Waals surface area contributed by atoms with E-state index < -0.39 is 26.2 Å². The number of rotatable bonds is 12. The van der Waals surface area contributed by atoms with Gasteiger partial charge in [-0.15, -0.1) is 0 Å². The lowest BCUT2D eigenvalue weighted by molar-refractivity contribution is -0.139. The zero-order valence-electron chi connectivity index (χ0n) is 28.6. The number of carboxylic acid groups (broad SMARTS) is 1. The zero-order valence-corrected chi connectivity index (χ0v) is 31.7. The van der Waals surface area contributed by atoms with Crippen molar-refractivity contribution in [2.75, 3.05) is 13.2 Å². The van der Waals surface area contributed by atoms with Gasteiger partial charge in [-0.1, -0.05) is 146 Å². The molecule has 1 aliphatic rings. The van der Waals surface area contributed by atoms with E-state index in [2.05, 4.69) is 121 Å². The lowest BCUT2D eigenvalue weighted by atomic mass is 9.98. The van der Waals surface area contributed by atoms with Gasteiger partial charge in [0.1, 0.15) is 26.5 Å².